The van der Waals surface area contributed by atoms with Crippen LogP contribution in [-0.4, -0.2) is 35.6 Å². The van der Waals surface area contributed by atoms with E-state index in [9.17, 15) is 4.79 Å². The second-order valence-corrected chi connectivity index (χ2v) is 5.01. The first kappa shape index (κ1) is 16.0. The second-order valence-electron chi connectivity index (χ2n) is 5.01. The van der Waals surface area contributed by atoms with E-state index >= 15 is 0 Å². The maximum atomic E-state index is 11.2. The molecule has 0 spiro atoms. The number of amides is 1. The maximum Gasteiger partial charge on any atom is 0.242 e. The number of hydrogen-bond donors (Lipinski definition) is 2. The fourth-order valence-electron chi connectivity index (χ4n) is 1.79. The molecule has 0 bridgehead atoms. The summed E-state index contributed by atoms with van der Waals surface area (Å²) < 4.78 is 5.47. The van der Waals surface area contributed by atoms with Crippen LogP contribution < -0.4 is 21.1 Å². The number of hydrogen-bond acceptors (Lipinski definition) is 6. The van der Waals surface area contributed by atoms with Gasteiger partial charge in [-0.15, -0.1) is 0 Å². The number of rotatable bonds is 8. The van der Waals surface area contributed by atoms with Crippen LogP contribution in [0.3, 0.4) is 0 Å². The van der Waals surface area contributed by atoms with Gasteiger partial charge in [0.25, 0.3) is 0 Å². The van der Waals surface area contributed by atoms with Crippen molar-refractivity contribution in [1.82, 2.24) is 9.97 Å². The molecular weight excluding hydrogens is 258 g/mol. The first-order chi connectivity index (χ1) is 9.45. The second kappa shape index (κ2) is 7.52. The van der Waals surface area contributed by atoms with Crippen LogP contribution >= 0.6 is 0 Å². The minimum atomic E-state index is -0.431. The molecule has 0 saturated heterocycles. The van der Waals surface area contributed by atoms with Gasteiger partial charge >= 0.3 is 0 Å². The zero-order chi connectivity index (χ0) is 15.1. The van der Waals surface area contributed by atoms with Crippen LogP contribution in [0.25, 0.3) is 0 Å². The molecule has 0 radical (unpaired) electrons. The molecule has 4 N–H and O–H groups in total. The molecule has 0 unspecified atom stereocenters. The van der Waals surface area contributed by atoms with Gasteiger partial charge in [-0.1, -0.05) is 20.8 Å². The number of ether oxygens (including phenoxy) is 1. The monoisotopic (exact) mass is 281 g/mol. The molecule has 0 fully saturated rings. The average molecular weight is 281 g/mol. The van der Waals surface area contributed by atoms with Crippen molar-refractivity contribution < 1.29 is 9.53 Å². The molecule has 1 aromatic heterocycles. The summed E-state index contributed by atoms with van der Waals surface area (Å²) in [5.74, 6) is 0.733. The molecule has 1 rings (SSSR count). The van der Waals surface area contributed by atoms with Gasteiger partial charge in [-0.25, -0.2) is 4.98 Å². The Morgan fingerprint density at radius 2 is 2.15 bits per heavy atom. The van der Waals surface area contributed by atoms with Gasteiger partial charge in [0.2, 0.25) is 11.8 Å². The Balaban J connectivity index is 3.02. The smallest absolute Gasteiger partial charge is 0.242 e. The summed E-state index contributed by atoms with van der Waals surface area (Å²) in [5, 5.41) is 0. The molecule has 0 aromatic carbocycles. The van der Waals surface area contributed by atoms with Gasteiger partial charge in [0.1, 0.15) is 12.0 Å². The van der Waals surface area contributed by atoms with E-state index < -0.39 is 5.91 Å². The van der Waals surface area contributed by atoms with Crippen molar-refractivity contribution in [2.45, 2.75) is 27.2 Å². The van der Waals surface area contributed by atoms with Crippen molar-refractivity contribution in [2.75, 3.05) is 30.3 Å². The summed E-state index contributed by atoms with van der Waals surface area (Å²) in [5.41, 5.74) is 11.6. The van der Waals surface area contributed by atoms with Crippen molar-refractivity contribution >= 4 is 17.4 Å². The van der Waals surface area contributed by atoms with Crippen molar-refractivity contribution in [2.24, 2.45) is 11.7 Å². The summed E-state index contributed by atoms with van der Waals surface area (Å²) in [4.78, 5) is 21.1. The van der Waals surface area contributed by atoms with Gasteiger partial charge in [-0.05, 0) is 12.3 Å². The molecule has 0 atom stereocenters. The van der Waals surface area contributed by atoms with Crippen LogP contribution in [0.5, 0.6) is 5.88 Å². The van der Waals surface area contributed by atoms with Crippen LogP contribution in [0.4, 0.5) is 11.5 Å². The van der Waals surface area contributed by atoms with E-state index in [4.69, 9.17) is 16.2 Å². The summed E-state index contributed by atoms with van der Waals surface area (Å²) in [6.07, 6.45) is 2.24. The molecule has 1 aromatic rings. The van der Waals surface area contributed by atoms with Gasteiger partial charge < -0.3 is 21.1 Å². The fourth-order valence-corrected chi connectivity index (χ4v) is 1.79. The molecule has 0 aliphatic carbocycles. The molecule has 0 aliphatic heterocycles. The van der Waals surface area contributed by atoms with Crippen molar-refractivity contribution in [3.05, 3.63) is 6.33 Å². The van der Waals surface area contributed by atoms with Crippen molar-refractivity contribution in [1.29, 1.82) is 0 Å². The van der Waals surface area contributed by atoms with Crippen LogP contribution in [-0.2, 0) is 4.79 Å². The SMILES string of the molecule is CCCOc1ncnc(N(CC(N)=O)CC(C)C)c1N. The highest BCUT2D eigenvalue weighted by molar-refractivity contribution is 5.81. The third-order valence-electron chi connectivity index (χ3n) is 2.50. The number of nitrogens with zero attached hydrogens (tertiary/aromatic N) is 3. The zero-order valence-corrected chi connectivity index (χ0v) is 12.3. The fraction of sp³-hybridized carbons (Fsp3) is 0.615. The van der Waals surface area contributed by atoms with Gasteiger partial charge in [0, 0.05) is 6.54 Å². The van der Waals surface area contributed by atoms with Crippen molar-refractivity contribution in [3.63, 3.8) is 0 Å². The molecular formula is C13H23N5O2. The Labute approximate surface area is 119 Å². The highest BCUT2D eigenvalue weighted by atomic mass is 16.5. The Bertz CT molecular complexity index is 450. The lowest BCUT2D eigenvalue weighted by Crippen LogP contribution is -2.37. The Hall–Kier alpha value is -2.05. The van der Waals surface area contributed by atoms with E-state index in [-0.39, 0.29) is 6.54 Å². The normalized spacial score (nSPS) is 10.6. The number of nitrogens with two attached hydrogens (primary N) is 2. The van der Waals surface area contributed by atoms with E-state index in [1.54, 1.807) is 4.90 Å². The molecule has 7 heteroatoms. The van der Waals surface area contributed by atoms with E-state index in [1.165, 1.54) is 6.33 Å². The van der Waals surface area contributed by atoms with Crippen LogP contribution in [0.1, 0.15) is 27.2 Å². The molecule has 0 aliphatic rings. The first-order valence-corrected chi connectivity index (χ1v) is 6.72. The molecule has 0 saturated carbocycles. The van der Waals surface area contributed by atoms with Crippen LogP contribution in [0.2, 0.25) is 0 Å². The minimum absolute atomic E-state index is 0.0621. The first-order valence-electron chi connectivity index (χ1n) is 6.72. The predicted octanol–water partition coefficient (Wildman–Crippen LogP) is 0.795. The Kier molecular flexibility index (Phi) is 6.02. The minimum Gasteiger partial charge on any atom is -0.476 e. The summed E-state index contributed by atoms with van der Waals surface area (Å²) in [6.45, 7) is 7.29. The number of primary amides is 1. The van der Waals surface area contributed by atoms with E-state index in [0.717, 1.165) is 6.42 Å². The number of nitrogen functional groups attached to an aromatic ring is 1. The largest absolute Gasteiger partial charge is 0.476 e. The molecule has 1 amide bonds. The standard InChI is InChI=1S/C13H23N5O2/c1-4-5-20-13-11(15)12(16-8-17-13)18(6-9(2)3)7-10(14)19/h8-9H,4-7,15H2,1-3H3,(H2,14,19). The lowest BCUT2D eigenvalue weighted by Gasteiger charge is -2.25. The van der Waals surface area contributed by atoms with Gasteiger partial charge in [-0.2, -0.15) is 4.98 Å². The third-order valence-corrected chi connectivity index (χ3v) is 2.50. The van der Waals surface area contributed by atoms with Gasteiger partial charge in [0.05, 0.1) is 13.2 Å². The highest BCUT2D eigenvalue weighted by Crippen LogP contribution is 2.28. The highest BCUT2D eigenvalue weighted by Gasteiger charge is 2.18. The lowest BCUT2D eigenvalue weighted by atomic mass is 10.2. The maximum absolute atomic E-state index is 11.2. The summed E-state index contributed by atoms with van der Waals surface area (Å²) in [6, 6.07) is 0. The van der Waals surface area contributed by atoms with E-state index in [1.807, 2.05) is 20.8 Å². The summed E-state index contributed by atoms with van der Waals surface area (Å²) in [7, 11) is 0. The molecule has 7 nitrogen and oxygen atoms in total. The molecule has 112 valence electrons. The van der Waals surface area contributed by atoms with Crippen LogP contribution in [0, 0.1) is 5.92 Å². The number of aromatic nitrogens is 2. The predicted molar refractivity (Wildman–Crippen MR) is 78.5 cm³/mol. The molecule has 1 heterocycles. The van der Waals surface area contributed by atoms with Crippen LogP contribution in [0.15, 0.2) is 6.33 Å². The third kappa shape index (κ3) is 4.56. The Morgan fingerprint density at radius 1 is 1.45 bits per heavy atom. The van der Waals surface area contributed by atoms with Crippen molar-refractivity contribution in [3.8, 4) is 5.88 Å². The number of anilines is 2. The zero-order valence-electron chi connectivity index (χ0n) is 12.3. The van der Waals surface area contributed by atoms with Gasteiger partial charge in [-0.3, -0.25) is 4.79 Å². The molecule has 20 heavy (non-hydrogen) atoms. The lowest BCUT2D eigenvalue weighted by molar-refractivity contribution is -0.116. The quantitative estimate of drug-likeness (QED) is 0.729. The topological polar surface area (TPSA) is 107 Å². The number of carbonyl (C=O) groups excluding carboxylic acids is 1. The summed E-state index contributed by atoms with van der Waals surface area (Å²) >= 11 is 0. The van der Waals surface area contributed by atoms with Gasteiger partial charge in [0.15, 0.2) is 5.82 Å². The average Bonchev–Trinajstić information content (AvgIpc) is 2.35. The van der Waals surface area contributed by atoms with E-state index in [0.29, 0.717) is 36.5 Å². The number of carbonyl (C=O) groups is 1. The van der Waals surface area contributed by atoms with E-state index in [2.05, 4.69) is 9.97 Å². The Morgan fingerprint density at radius 3 is 2.70 bits per heavy atom.